The molecule has 1 N–H and O–H groups in total. The summed E-state index contributed by atoms with van der Waals surface area (Å²) in [4.78, 5) is 15.3. The Morgan fingerprint density at radius 2 is 1.96 bits per heavy atom. The molecular weight excluding hydrogens is 377 g/mol. The van der Waals surface area contributed by atoms with E-state index in [1.807, 2.05) is 17.5 Å². The Morgan fingerprint density at radius 3 is 2.59 bits per heavy atom. The number of hydrogen-bond acceptors (Lipinski definition) is 4. The van der Waals surface area contributed by atoms with E-state index in [4.69, 9.17) is 0 Å². The lowest BCUT2D eigenvalue weighted by molar-refractivity contribution is -0.173. The number of amides is 1. The van der Waals surface area contributed by atoms with E-state index in [1.54, 1.807) is 4.90 Å². The zero-order chi connectivity index (χ0) is 19.0. The molecule has 2 atom stereocenters. The van der Waals surface area contributed by atoms with Crippen molar-refractivity contribution >= 4 is 23.1 Å². The van der Waals surface area contributed by atoms with Gasteiger partial charge < -0.3 is 10.2 Å². The second kappa shape index (κ2) is 7.18. The van der Waals surface area contributed by atoms with Crippen molar-refractivity contribution < 1.29 is 18.0 Å². The first-order chi connectivity index (χ1) is 12.9. The van der Waals surface area contributed by atoms with Crippen LogP contribution in [0.1, 0.15) is 59.6 Å². The van der Waals surface area contributed by atoms with Gasteiger partial charge in [-0.15, -0.1) is 11.3 Å². The number of alkyl halides is 3. The average Bonchev–Trinajstić information content (AvgIpc) is 3.23. The molecule has 2 aliphatic rings. The quantitative estimate of drug-likeness (QED) is 0.803. The molecule has 2 aromatic heterocycles. The van der Waals surface area contributed by atoms with Crippen molar-refractivity contribution in [3.8, 4) is 0 Å². The summed E-state index contributed by atoms with van der Waals surface area (Å²) in [6.45, 7) is 1.27. The fraction of sp³-hybridized carbons (Fsp3) is 0.556. The Morgan fingerprint density at radius 1 is 1.22 bits per heavy atom. The number of nitrogens with one attached hydrogen (secondary N) is 1. The topological polar surface area (TPSA) is 50.2 Å². The molecule has 1 fully saturated rings. The summed E-state index contributed by atoms with van der Waals surface area (Å²) >= 11 is 1.42. The minimum Gasteiger partial charge on any atom is -0.363 e. The summed E-state index contributed by atoms with van der Waals surface area (Å²) in [7, 11) is 0. The van der Waals surface area contributed by atoms with Gasteiger partial charge in [0, 0.05) is 30.5 Å². The maximum atomic E-state index is 13.7. The van der Waals surface area contributed by atoms with E-state index in [9.17, 15) is 18.0 Å². The molecule has 4 rings (SSSR count). The number of anilines is 1. The van der Waals surface area contributed by atoms with Gasteiger partial charge >= 0.3 is 6.18 Å². The number of carbonyl (C=O) groups is 1. The summed E-state index contributed by atoms with van der Waals surface area (Å²) in [5.74, 6) is -0.0330. The van der Waals surface area contributed by atoms with Crippen molar-refractivity contribution in [1.29, 1.82) is 0 Å². The van der Waals surface area contributed by atoms with Gasteiger partial charge in [0.2, 0.25) is 0 Å². The van der Waals surface area contributed by atoms with Crippen LogP contribution >= 0.6 is 11.3 Å². The average molecular weight is 398 g/mol. The van der Waals surface area contributed by atoms with Crippen LogP contribution < -0.4 is 5.32 Å². The molecule has 0 bridgehead atoms. The molecule has 1 amide bonds. The lowest BCUT2D eigenvalue weighted by atomic mass is 10.0. The molecule has 0 spiro atoms. The van der Waals surface area contributed by atoms with E-state index in [0.717, 1.165) is 35.2 Å². The Hall–Kier alpha value is -2.03. The van der Waals surface area contributed by atoms with Crippen LogP contribution in [0.2, 0.25) is 0 Å². The van der Waals surface area contributed by atoms with Gasteiger partial charge in [0.1, 0.15) is 5.82 Å². The van der Waals surface area contributed by atoms with Crippen LogP contribution in [-0.2, 0) is 0 Å². The third kappa shape index (κ3) is 3.69. The van der Waals surface area contributed by atoms with Gasteiger partial charge in [-0.25, -0.2) is 4.68 Å². The molecule has 4 heterocycles. The largest absolute Gasteiger partial charge is 0.410 e. The summed E-state index contributed by atoms with van der Waals surface area (Å²) < 4.78 is 42.0. The van der Waals surface area contributed by atoms with Gasteiger partial charge in [0.25, 0.3) is 5.91 Å². The number of halogens is 3. The van der Waals surface area contributed by atoms with Crippen molar-refractivity contribution in [3.63, 3.8) is 0 Å². The normalized spacial score (nSPS) is 23.4. The van der Waals surface area contributed by atoms with Crippen LogP contribution in [0.3, 0.4) is 0 Å². The van der Waals surface area contributed by atoms with Crippen molar-refractivity contribution in [3.05, 3.63) is 34.2 Å². The maximum Gasteiger partial charge on any atom is 0.410 e. The van der Waals surface area contributed by atoms with Gasteiger partial charge in [-0.05, 0) is 24.3 Å². The fourth-order valence-electron chi connectivity index (χ4n) is 3.79. The summed E-state index contributed by atoms with van der Waals surface area (Å²) in [6.07, 6.45) is -0.586. The summed E-state index contributed by atoms with van der Waals surface area (Å²) in [5.41, 5.74) is 0.0838. The molecule has 2 unspecified atom stereocenters. The Kier molecular flexibility index (Phi) is 4.88. The zero-order valence-corrected chi connectivity index (χ0v) is 15.5. The van der Waals surface area contributed by atoms with Crippen molar-refractivity contribution in [2.45, 2.75) is 50.4 Å². The predicted octanol–water partition coefficient (Wildman–Crippen LogP) is 4.62. The number of nitrogens with zero attached hydrogens (tertiary/aromatic N) is 3. The van der Waals surface area contributed by atoms with E-state index in [1.165, 1.54) is 17.4 Å². The molecule has 2 aliphatic heterocycles. The molecule has 146 valence electrons. The number of carbonyl (C=O) groups excluding carboxylic acids is 1. The molecule has 2 aromatic rings. The lowest BCUT2D eigenvalue weighted by Gasteiger charge is -2.32. The van der Waals surface area contributed by atoms with E-state index >= 15 is 0 Å². The number of fused-ring (bicyclic) bond motifs is 1. The molecule has 0 radical (unpaired) electrons. The van der Waals surface area contributed by atoms with E-state index in [0.29, 0.717) is 13.1 Å². The second-order valence-electron chi connectivity index (χ2n) is 7.07. The standard InChI is InChI=1S/C18H21F3N4OS/c19-18(20,21)15-10-12(14-6-5-9-27-14)22-16-11-13(23-25(15)16)17(26)24-7-3-1-2-4-8-24/h5-6,9,11-12,15,22H,1-4,7-8,10H2. The molecule has 0 aromatic carbocycles. The number of rotatable bonds is 2. The molecule has 0 saturated carbocycles. The Balaban J connectivity index is 1.64. The Labute approximate surface area is 159 Å². The zero-order valence-electron chi connectivity index (χ0n) is 14.7. The minimum atomic E-state index is -4.43. The third-order valence-electron chi connectivity index (χ3n) is 5.19. The maximum absolute atomic E-state index is 13.7. The Bertz CT molecular complexity index is 794. The molecule has 5 nitrogen and oxygen atoms in total. The lowest BCUT2D eigenvalue weighted by Crippen LogP contribution is -2.36. The van der Waals surface area contributed by atoms with Gasteiger partial charge in [0.15, 0.2) is 11.7 Å². The molecule has 9 heteroatoms. The highest BCUT2D eigenvalue weighted by atomic mass is 32.1. The van der Waals surface area contributed by atoms with E-state index < -0.39 is 18.3 Å². The molecule has 0 aliphatic carbocycles. The predicted molar refractivity (Wildman–Crippen MR) is 97.0 cm³/mol. The van der Waals surface area contributed by atoms with Crippen LogP contribution in [0.15, 0.2) is 23.6 Å². The highest BCUT2D eigenvalue weighted by Crippen LogP contribution is 2.44. The van der Waals surface area contributed by atoms with Gasteiger partial charge in [-0.2, -0.15) is 18.3 Å². The fourth-order valence-corrected chi connectivity index (χ4v) is 4.58. The summed E-state index contributed by atoms with van der Waals surface area (Å²) in [6, 6.07) is 2.93. The van der Waals surface area contributed by atoms with Crippen LogP contribution in [0.25, 0.3) is 0 Å². The number of hydrogen-bond donors (Lipinski definition) is 1. The van der Waals surface area contributed by atoms with Crippen molar-refractivity contribution in [2.24, 2.45) is 0 Å². The van der Waals surface area contributed by atoms with Gasteiger partial charge in [-0.3, -0.25) is 4.79 Å². The summed E-state index contributed by atoms with van der Waals surface area (Å²) in [5, 5.41) is 9.05. The second-order valence-corrected chi connectivity index (χ2v) is 8.05. The first-order valence-corrected chi connectivity index (χ1v) is 10.1. The first kappa shape index (κ1) is 18.3. The SMILES string of the molecule is O=C(c1cc2n(n1)C(C(F)(F)F)CC(c1cccs1)N2)N1CCCCCC1. The first-order valence-electron chi connectivity index (χ1n) is 9.19. The van der Waals surface area contributed by atoms with Crippen molar-refractivity contribution in [2.75, 3.05) is 18.4 Å². The molecule has 1 saturated heterocycles. The van der Waals surface area contributed by atoms with E-state index in [2.05, 4.69) is 10.4 Å². The third-order valence-corrected chi connectivity index (χ3v) is 6.17. The van der Waals surface area contributed by atoms with Crippen LogP contribution in [-0.4, -0.2) is 39.9 Å². The molecule has 27 heavy (non-hydrogen) atoms. The van der Waals surface area contributed by atoms with Gasteiger partial charge in [-0.1, -0.05) is 18.9 Å². The minimum absolute atomic E-state index is 0.0838. The smallest absolute Gasteiger partial charge is 0.363 e. The highest BCUT2D eigenvalue weighted by Gasteiger charge is 2.47. The number of thiophene rings is 1. The number of likely N-dealkylation sites (tertiary alicyclic amines) is 1. The van der Waals surface area contributed by atoms with E-state index in [-0.39, 0.29) is 23.8 Å². The van der Waals surface area contributed by atoms with Crippen LogP contribution in [0, 0.1) is 0 Å². The van der Waals surface area contributed by atoms with Crippen molar-refractivity contribution in [1.82, 2.24) is 14.7 Å². The number of aromatic nitrogens is 2. The van der Waals surface area contributed by atoms with Gasteiger partial charge in [0.05, 0.1) is 6.04 Å². The highest BCUT2D eigenvalue weighted by molar-refractivity contribution is 7.10. The molecular formula is C18H21F3N4OS. The van der Waals surface area contributed by atoms with Crippen LogP contribution in [0.5, 0.6) is 0 Å². The monoisotopic (exact) mass is 398 g/mol. The van der Waals surface area contributed by atoms with Crippen LogP contribution in [0.4, 0.5) is 19.0 Å².